The van der Waals surface area contributed by atoms with Gasteiger partial charge in [-0.1, -0.05) is 135 Å². The van der Waals surface area contributed by atoms with Gasteiger partial charge >= 0.3 is 0 Å². The Balaban J connectivity index is 1.08. The molecule has 0 N–H and O–H groups in total. The van der Waals surface area contributed by atoms with Crippen molar-refractivity contribution in [2.45, 2.75) is 19.3 Å². The molecule has 2 heterocycles. The van der Waals surface area contributed by atoms with Crippen LogP contribution < -0.4 is 0 Å². The van der Waals surface area contributed by atoms with Crippen LogP contribution in [0.4, 0.5) is 0 Å². The predicted molar refractivity (Wildman–Crippen MR) is 228 cm³/mol. The van der Waals surface area contributed by atoms with Gasteiger partial charge in [0.2, 0.25) is 0 Å². The van der Waals surface area contributed by atoms with Crippen molar-refractivity contribution < 1.29 is 4.42 Å². The second-order valence-corrected chi connectivity index (χ2v) is 16.3. The minimum atomic E-state index is -0.164. The van der Waals surface area contributed by atoms with Gasteiger partial charge in [-0.3, -0.25) is 0 Å². The summed E-state index contributed by atoms with van der Waals surface area (Å²) in [5, 5.41) is 12.6. The maximum Gasteiger partial charge on any atom is 0.136 e. The number of hydrogen-bond donors (Lipinski definition) is 0. The van der Waals surface area contributed by atoms with Crippen LogP contribution in [0.25, 0.3) is 108 Å². The Morgan fingerprint density at radius 1 is 0.396 bits per heavy atom. The lowest BCUT2D eigenvalue weighted by Gasteiger charge is -2.23. The summed E-state index contributed by atoms with van der Waals surface area (Å²) in [7, 11) is 0. The minimum absolute atomic E-state index is 0.164. The van der Waals surface area contributed by atoms with E-state index in [0.29, 0.717) is 0 Å². The molecule has 0 bridgehead atoms. The molecule has 1 aliphatic rings. The highest BCUT2D eigenvalue weighted by molar-refractivity contribution is 7.25. The van der Waals surface area contributed by atoms with Crippen LogP contribution in [0.15, 0.2) is 162 Å². The zero-order chi connectivity index (χ0) is 35.0. The van der Waals surface area contributed by atoms with Crippen molar-refractivity contribution in [1.82, 2.24) is 0 Å². The fraction of sp³-hybridized carbons (Fsp3) is 0.0588. The van der Waals surface area contributed by atoms with Gasteiger partial charge < -0.3 is 4.42 Å². The van der Waals surface area contributed by atoms with Crippen LogP contribution in [-0.2, 0) is 5.41 Å². The van der Waals surface area contributed by atoms with E-state index in [1.165, 1.54) is 108 Å². The molecule has 0 fully saturated rings. The van der Waals surface area contributed by atoms with E-state index in [1.807, 2.05) is 17.4 Å². The van der Waals surface area contributed by atoms with Gasteiger partial charge in [-0.05, 0) is 113 Å². The molecule has 9 aromatic carbocycles. The first kappa shape index (κ1) is 29.4. The summed E-state index contributed by atoms with van der Waals surface area (Å²) in [6.07, 6.45) is 0. The van der Waals surface area contributed by atoms with Gasteiger partial charge in [-0.25, -0.2) is 0 Å². The van der Waals surface area contributed by atoms with Crippen LogP contribution in [0.3, 0.4) is 0 Å². The Hall–Kier alpha value is -6.22. The molecule has 1 nitrogen and oxygen atoms in total. The van der Waals surface area contributed by atoms with Gasteiger partial charge in [0.15, 0.2) is 0 Å². The van der Waals surface area contributed by atoms with Crippen molar-refractivity contribution in [2.24, 2.45) is 0 Å². The van der Waals surface area contributed by atoms with Crippen LogP contribution in [0.1, 0.15) is 25.0 Å². The third-order valence-corrected chi connectivity index (χ3v) is 13.2. The lowest BCUT2D eigenvalue weighted by atomic mass is 9.80. The highest BCUT2D eigenvalue weighted by atomic mass is 32.1. The fourth-order valence-corrected chi connectivity index (χ4v) is 10.7. The quantitative estimate of drug-likeness (QED) is 0.164. The van der Waals surface area contributed by atoms with Crippen LogP contribution in [-0.4, -0.2) is 0 Å². The first-order valence-corrected chi connectivity index (χ1v) is 19.2. The number of furan rings is 1. The molecule has 0 saturated carbocycles. The summed E-state index contributed by atoms with van der Waals surface area (Å²) >= 11 is 1.88. The Morgan fingerprint density at radius 3 is 1.74 bits per heavy atom. The van der Waals surface area contributed by atoms with E-state index in [1.54, 1.807) is 0 Å². The van der Waals surface area contributed by atoms with Gasteiger partial charge in [0.05, 0.1) is 0 Å². The SMILES string of the molecule is CC1(C)c2cc(-c3c4ccccc4c(-c4ccc5c(c4)sc4ccccc45)c4ccccc34)ccc2-c2c1ccc1cc3c(cc21)oc1ccccc13. The molecule has 0 atom stereocenters. The van der Waals surface area contributed by atoms with Crippen molar-refractivity contribution in [1.29, 1.82) is 0 Å². The maximum absolute atomic E-state index is 6.40. The van der Waals surface area contributed by atoms with E-state index in [0.717, 1.165) is 11.2 Å². The molecule has 1 aliphatic carbocycles. The zero-order valence-corrected chi connectivity index (χ0v) is 30.1. The number of fused-ring (bicyclic) bond motifs is 13. The molecular formula is C51H32OS. The van der Waals surface area contributed by atoms with Gasteiger partial charge in [-0.2, -0.15) is 0 Å². The minimum Gasteiger partial charge on any atom is -0.456 e. The average Bonchev–Trinajstić information content (AvgIpc) is 3.82. The summed E-state index contributed by atoms with van der Waals surface area (Å²) in [6.45, 7) is 4.77. The largest absolute Gasteiger partial charge is 0.456 e. The average molecular weight is 693 g/mol. The van der Waals surface area contributed by atoms with Gasteiger partial charge in [-0.15, -0.1) is 11.3 Å². The summed E-state index contributed by atoms with van der Waals surface area (Å²) in [5.74, 6) is 0. The third-order valence-electron chi connectivity index (χ3n) is 12.0. The van der Waals surface area contributed by atoms with Crippen molar-refractivity contribution in [3.63, 3.8) is 0 Å². The van der Waals surface area contributed by atoms with E-state index in [-0.39, 0.29) is 5.41 Å². The molecule has 12 rings (SSSR count). The molecule has 0 aliphatic heterocycles. The normalized spacial score (nSPS) is 13.6. The summed E-state index contributed by atoms with van der Waals surface area (Å²) in [4.78, 5) is 0. The lowest BCUT2D eigenvalue weighted by molar-refractivity contribution is 0.661. The van der Waals surface area contributed by atoms with Crippen molar-refractivity contribution in [2.75, 3.05) is 0 Å². The van der Waals surface area contributed by atoms with E-state index in [4.69, 9.17) is 4.42 Å². The highest BCUT2D eigenvalue weighted by Crippen LogP contribution is 2.54. The molecule has 53 heavy (non-hydrogen) atoms. The predicted octanol–water partition coefficient (Wildman–Crippen LogP) is 15.1. The third kappa shape index (κ3) is 3.96. The van der Waals surface area contributed by atoms with Crippen LogP contribution in [0, 0.1) is 0 Å². The molecule has 248 valence electrons. The molecule has 2 heteroatoms. The highest BCUT2D eigenvalue weighted by Gasteiger charge is 2.37. The second-order valence-electron chi connectivity index (χ2n) is 15.2. The topological polar surface area (TPSA) is 13.1 Å². The van der Waals surface area contributed by atoms with E-state index in [9.17, 15) is 0 Å². The molecular weight excluding hydrogens is 661 g/mol. The van der Waals surface area contributed by atoms with Crippen LogP contribution in [0.5, 0.6) is 0 Å². The molecule has 11 aromatic rings. The molecule has 0 unspecified atom stereocenters. The number of thiophene rings is 1. The zero-order valence-electron chi connectivity index (χ0n) is 29.3. The molecule has 0 radical (unpaired) electrons. The molecule has 2 aromatic heterocycles. The summed E-state index contributed by atoms with van der Waals surface area (Å²) in [6, 6.07) is 58.7. The Bertz CT molecular complexity index is 3320. The molecule has 0 spiro atoms. The van der Waals surface area contributed by atoms with Crippen LogP contribution in [0.2, 0.25) is 0 Å². The first-order chi connectivity index (χ1) is 26.0. The standard InChI is InChI=1S/C51H32OS/c1-51(2)42-24-21-29-25-41-32-11-7-9-17-44(32)52-45(41)28-40(29)50(42)39-23-20-30(26-43(39)51)48-35-13-3-5-15-37(35)49(38-16-6-4-14-36(38)48)31-19-22-34-33-12-8-10-18-46(33)53-47(34)27-31/h3-28H,1-2H3. The van der Waals surface area contributed by atoms with Crippen molar-refractivity contribution >= 4 is 85.8 Å². The van der Waals surface area contributed by atoms with Gasteiger partial charge in [0.1, 0.15) is 11.2 Å². The number of hydrogen-bond acceptors (Lipinski definition) is 2. The number of rotatable bonds is 2. The van der Waals surface area contributed by atoms with Gasteiger partial charge in [0, 0.05) is 36.4 Å². The smallest absolute Gasteiger partial charge is 0.136 e. The molecule has 0 saturated heterocycles. The Labute approximate surface area is 310 Å². The monoisotopic (exact) mass is 692 g/mol. The summed E-state index contributed by atoms with van der Waals surface area (Å²) in [5.41, 5.74) is 12.2. The Kier molecular flexibility index (Phi) is 5.78. The van der Waals surface area contributed by atoms with Gasteiger partial charge in [0.25, 0.3) is 0 Å². The van der Waals surface area contributed by atoms with E-state index < -0.39 is 0 Å². The van der Waals surface area contributed by atoms with Crippen molar-refractivity contribution in [3.05, 3.63) is 169 Å². The van der Waals surface area contributed by atoms with Crippen molar-refractivity contribution in [3.8, 4) is 33.4 Å². The fourth-order valence-electron chi connectivity index (χ4n) is 9.57. The number of para-hydroxylation sites is 1. The first-order valence-electron chi connectivity index (χ1n) is 18.4. The maximum atomic E-state index is 6.40. The Morgan fingerprint density at radius 2 is 1.00 bits per heavy atom. The summed E-state index contributed by atoms with van der Waals surface area (Å²) < 4.78 is 9.06. The lowest BCUT2D eigenvalue weighted by Crippen LogP contribution is -2.15. The number of benzene rings is 9. The van der Waals surface area contributed by atoms with Crippen LogP contribution >= 0.6 is 11.3 Å². The van der Waals surface area contributed by atoms with E-state index >= 15 is 0 Å². The second kappa shape index (κ2) is 10.4. The van der Waals surface area contributed by atoms with E-state index in [2.05, 4.69) is 166 Å². The molecule has 0 amide bonds.